The summed E-state index contributed by atoms with van der Waals surface area (Å²) in [5.74, 6) is -1.89. The predicted octanol–water partition coefficient (Wildman–Crippen LogP) is 5.05. The van der Waals surface area contributed by atoms with Gasteiger partial charge in [0, 0.05) is 18.3 Å². The van der Waals surface area contributed by atoms with Gasteiger partial charge in [0.05, 0.1) is 16.0 Å². The summed E-state index contributed by atoms with van der Waals surface area (Å²) >= 11 is 0. The Kier molecular flexibility index (Phi) is 6.70. The molecule has 1 amide bonds. The summed E-state index contributed by atoms with van der Waals surface area (Å²) < 4.78 is 79.9. The summed E-state index contributed by atoms with van der Waals surface area (Å²) in [6.07, 6.45) is -1.51. The van der Waals surface area contributed by atoms with Gasteiger partial charge in [0.15, 0.2) is 0 Å². The molecule has 0 aliphatic carbocycles. The van der Waals surface area contributed by atoms with Crippen molar-refractivity contribution in [2.24, 2.45) is 0 Å². The molecule has 1 heterocycles. The van der Waals surface area contributed by atoms with Gasteiger partial charge in [-0.2, -0.15) is 17.5 Å². The summed E-state index contributed by atoms with van der Waals surface area (Å²) in [5, 5.41) is 2.30. The summed E-state index contributed by atoms with van der Waals surface area (Å²) in [4.78, 5) is 12.3. The van der Waals surface area contributed by atoms with Gasteiger partial charge in [-0.25, -0.2) is 12.8 Å². The molecule has 5 nitrogen and oxygen atoms in total. The monoisotopic (exact) mass is 458 g/mol. The average molecular weight is 458 g/mol. The Labute approximate surface area is 178 Å². The van der Waals surface area contributed by atoms with Crippen molar-refractivity contribution in [1.82, 2.24) is 4.31 Å². The molecule has 1 aliphatic heterocycles. The van der Waals surface area contributed by atoms with Crippen LogP contribution in [0.5, 0.6) is 0 Å². The number of nitrogens with zero attached hydrogens (tertiary/aromatic N) is 1. The number of benzene rings is 2. The first-order chi connectivity index (χ1) is 14.5. The Balaban J connectivity index is 1.86. The molecule has 1 N–H and O–H groups in total. The molecule has 0 bridgehead atoms. The standard InChI is InChI=1S/C21H22F4N2O3S/c1-2-16-5-3-4-12-27(16)31(29,30)17-10-11-19(22)18(13-17)20(28)26-15-8-6-14(7-9-15)21(23,24)25/h6-11,13,16H,2-5,12H2,1H3,(H,26,28)/t16-/m1/s1. The molecule has 0 spiro atoms. The van der Waals surface area contributed by atoms with E-state index in [-0.39, 0.29) is 16.6 Å². The Morgan fingerprint density at radius 3 is 2.42 bits per heavy atom. The summed E-state index contributed by atoms with van der Waals surface area (Å²) in [6, 6.07) is 6.47. The van der Waals surface area contributed by atoms with Gasteiger partial charge in [0.2, 0.25) is 10.0 Å². The minimum absolute atomic E-state index is 0.0211. The number of alkyl halides is 3. The number of nitrogens with one attached hydrogen (secondary N) is 1. The van der Waals surface area contributed by atoms with Crippen molar-refractivity contribution in [1.29, 1.82) is 0 Å². The van der Waals surface area contributed by atoms with Gasteiger partial charge in [0.1, 0.15) is 5.82 Å². The fraction of sp³-hybridized carbons (Fsp3) is 0.381. The number of carbonyl (C=O) groups excluding carboxylic acids is 1. The smallest absolute Gasteiger partial charge is 0.322 e. The second kappa shape index (κ2) is 8.96. The van der Waals surface area contributed by atoms with Crippen molar-refractivity contribution >= 4 is 21.6 Å². The fourth-order valence-electron chi connectivity index (χ4n) is 3.61. The lowest BCUT2D eigenvalue weighted by Crippen LogP contribution is -2.43. The summed E-state index contributed by atoms with van der Waals surface area (Å²) in [5.41, 5.74) is -1.38. The third-order valence-corrected chi connectivity index (χ3v) is 7.25. The molecule has 31 heavy (non-hydrogen) atoms. The first-order valence-electron chi connectivity index (χ1n) is 9.84. The molecule has 0 unspecified atom stereocenters. The van der Waals surface area contributed by atoms with E-state index < -0.39 is 39.1 Å². The lowest BCUT2D eigenvalue weighted by atomic mass is 10.0. The van der Waals surface area contributed by atoms with E-state index in [0.29, 0.717) is 13.0 Å². The Morgan fingerprint density at radius 1 is 1.13 bits per heavy atom. The zero-order valence-electron chi connectivity index (χ0n) is 16.7. The quantitative estimate of drug-likeness (QED) is 0.638. The fourth-order valence-corrected chi connectivity index (χ4v) is 5.41. The highest BCUT2D eigenvalue weighted by molar-refractivity contribution is 7.89. The SMILES string of the molecule is CC[C@@H]1CCCCN1S(=O)(=O)c1ccc(F)c(C(=O)Nc2ccc(C(F)(F)F)cc2)c1. The van der Waals surface area contributed by atoms with Crippen molar-refractivity contribution in [3.8, 4) is 0 Å². The maximum atomic E-state index is 14.3. The minimum atomic E-state index is -4.53. The number of carbonyl (C=O) groups is 1. The topological polar surface area (TPSA) is 66.5 Å². The van der Waals surface area contributed by atoms with E-state index in [1.165, 1.54) is 4.31 Å². The minimum Gasteiger partial charge on any atom is -0.322 e. The number of hydrogen-bond donors (Lipinski definition) is 1. The van der Waals surface area contributed by atoms with Crippen molar-refractivity contribution in [2.45, 2.75) is 49.7 Å². The van der Waals surface area contributed by atoms with Crippen molar-refractivity contribution in [3.63, 3.8) is 0 Å². The molecular formula is C21H22F4N2O3S. The highest BCUT2D eigenvalue weighted by Gasteiger charge is 2.33. The van der Waals surface area contributed by atoms with Crippen molar-refractivity contribution < 1.29 is 30.8 Å². The molecule has 0 radical (unpaired) electrons. The summed E-state index contributed by atoms with van der Waals surface area (Å²) in [7, 11) is -3.93. The maximum Gasteiger partial charge on any atom is 0.416 e. The van der Waals surface area contributed by atoms with Crippen LogP contribution in [0.4, 0.5) is 23.2 Å². The van der Waals surface area contributed by atoms with Gasteiger partial charge in [-0.1, -0.05) is 13.3 Å². The van der Waals surface area contributed by atoms with Crippen LogP contribution >= 0.6 is 0 Å². The first-order valence-corrected chi connectivity index (χ1v) is 11.3. The van der Waals surface area contributed by atoms with Crippen LogP contribution in [-0.2, 0) is 16.2 Å². The number of amides is 1. The molecule has 1 saturated heterocycles. The molecule has 0 saturated carbocycles. The van der Waals surface area contributed by atoms with Gasteiger partial charge in [-0.15, -0.1) is 0 Å². The van der Waals surface area contributed by atoms with Crippen LogP contribution < -0.4 is 5.32 Å². The van der Waals surface area contributed by atoms with E-state index >= 15 is 0 Å². The van der Waals surface area contributed by atoms with Crippen LogP contribution in [0.25, 0.3) is 0 Å². The maximum absolute atomic E-state index is 14.3. The molecule has 2 aromatic rings. The van der Waals surface area contributed by atoms with E-state index in [9.17, 15) is 30.8 Å². The van der Waals surface area contributed by atoms with E-state index in [0.717, 1.165) is 61.7 Å². The third-order valence-electron chi connectivity index (χ3n) is 5.30. The lowest BCUT2D eigenvalue weighted by molar-refractivity contribution is -0.137. The van der Waals surface area contributed by atoms with Gasteiger partial charge < -0.3 is 5.32 Å². The average Bonchev–Trinajstić information content (AvgIpc) is 2.73. The molecule has 1 fully saturated rings. The predicted molar refractivity (Wildman–Crippen MR) is 108 cm³/mol. The van der Waals surface area contributed by atoms with Crippen LogP contribution in [0.15, 0.2) is 47.4 Å². The van der Waals surface area contributed by atoms with Crippen LogP contribution in [-0.4, -0.2) is 31.2 Å². The van der Waals surface area contributed by atoms with E-state index in [2.05, 4.69) is 5.32 Å². The number of hydrogen-bond acceptors (Lipinski definition) is 3. The lowest BCUT2D eigenvalue weighted by Gasteiger charge is -2.34. The Hall–Kier alpha value is -2.46. The van der Waals surface area contributed by atoms with E-state index in [4.69, 9.17) is 0 Å². The van der Waals surface area contributed by atoms with E-state index in [1.54, 1.807) is 0 Å². The molecule has 2 aromatic carbocycles. The third kappa shape index (κ3) is 5.07. The number of rotatable bonds is 5. The van der Waals surface area contributed by atoms with Crippen molar-refractivity contribution in [2.75, 3.05) is 11.9 Å². The second-order valence-electron chi connectivity index (χ2n) is 7.34. The molecular weight excluding hydrogens is 436 g/mol. The van der Waals surface area contributed by atoms with E-state index in [1.807, 2.05) is 6.92 Å². The van der Waals surface area contributed by atoms with Crippen molar-refractivity contribution in [3.05, 3.63) is 59.4 Å². The summed E-state index contributed by atoms with van der Waals surface area (Å²) in [6.45, 7) is 2.25. The van der Waals surface area contributed by atoms with Crippen LogP contribution in [0.1, 0.15) is 48.5 Å². The Morgan fingerprint density at radius 2 is 1.81 bits per heavy atom. The normalized spacial score (nSPS) is 18.0. The molecule has 168 valence electrons. The first kappa shape index (κ1) is 23.2. The molecule has 3 rings (SSSR count). The van der Waals surface area contributed by atoms with Crippen LogP contribution in [0, 0.1) is 5.82 Å². The largest absolute Gasteiger partial charge is 0.416 e. The van der Waals surface area contributed by atoms with Gasteiger partial charge in [-0.05, 0) is 61.7 Å². The molecule has 1 aliphatic rings. The molecule has 1 atom stereocenters. The zero-order chi connectivity index (χ0) is 22.8. The number of halogens is 4. The highest BCUT2D eigenvalue weighted by atomic mass is 32.2. The highest BCUT2D eigenvalue weighted by Crippen LogP contribution is 2.30. The number of anilines is 1. The zero-order valence-corrected chi connectivity index (χ0v) is 17.6. The Bertz CT molecular complexity index is 1050. The van der Waals surface area contributed by atoms with Crippen LogP contribution in [0.3, 0.4) is 0 Å². The van der Waals surface area contributed by atoms with Crippen LogP contribution in [0.2, 0.25) is 0 Å². The molecule has 10 heteroatoms. The van der Waals surface area contributed by atoms with Gasteiger partial charge in [0.25, 0.3) is 5.91 Å². The van der Waals surface area contributed by atoms with Gasteiger partial charge >= 0.3 is 6.18 Å². The van der Waals surface area contributed by atoms with Gasteiger partial charge in [-0.3, -0.25) is 4.79 Å². The number of sulfonamides is 1. The number of piperidine rings is 1. The second-order valence-corrected chi connectivity index (χ2v) is 9.24. The molecule has 0 aromatic heterocycles.